The summed E-state index contributed by atoms with van der Waals surface area (Å²) in [5.41, 5.74) is -0.638. The molecule has 3 rings (SSSR count). The molecule has 0 spiro atoms. The lowest BCUT2D eigenvalue weighted by molar-refractivity contribution is -0.174. The summed E-state index contributed by atoms with van der Waals surface area (Å²) in [7, 11) is 1.61. The van der Waals surface area contributed by atoms with E-state index in [1.54, 1.807) is 31.3 Å². The molecule has 7 heteroatoms. The largest absolute Gasteiger partial charge is 0.456 e. The predicted octanol–water partition coefficient (Wildman–Crippen LogP) is 2.95. The van der Waals surface area contributed by atoms with Gasteiger partial charge in [0.1, 0.15) is 24.0 Å². The zero-order chi connectivity index (χ0) is 17.0. The van der Waals surface area contributed by atoms with Crippen LogP contribution in [-0.4, -0.2) is 36.1 Å². The fraction of sp³-hybridized carbons (Fsp3) is 0.312. The van der Waals surface area contributed by atoms with Gasteiger partial charge in [0.2, 0.25) is 5.54 Å². The average Bonchev–Trinajstić information content (AvgIpc) is 3.08. The SMILES string of the molecule is C[C@]1(C(=O)C(F)(F)F)C[N+]1(C)c1ccc2c(C#N)nccc2c1. The van der Waals surface area contributed by atoms with E-state index in [1.165, 1.54) is 13.1 Å². The first kappa shape index (κ1) is 15.4. The molecule has 118 valence electrons. The molecule has 0 N–H and O–H groups in total. The van der Waals surface area contributed by atoms with Crippen LogP contribution in [0.1, 0.15) is 12.6 Å². The number of alkyl halides is 3. The van der Waals surface area contributed by atoms with E-state index in [0.29, 0.717) is 16.5 Å². The number of halogens is 3. The van der Waals surface area contributed by atoms with Gasteiger partial charge in [-0.2, -0.15) is 18.4 Å². The van der Waals surface area contributed by atoms with Gasteiger partial charge in [0.15, 0.2) is 0 Å². The highest BCUT2D eigenvalue weighted by Crippen LogP contribution is 2.49. The van der Waals surface area contributed by atoms with Crippen LogP contribution in [0.2, 0.25) is 0 Å². The minimum atomic E-state index is -4.85. The van der Waals surface area contributed by atoms with Crippen LogP contribution in [0.4, 0.5) is 18.9 Å². The van der Waals surface area contributed by atoms with E-state index in [1.807, 2.05) is 6.07 Å². The van der Waals surface area contributed by atoms with Crippen LogP contribution in [0, 0.1) is 11.3 Å². The lowest BCUT2D eigenvalue weighted by Crippen LogP contribution is -2.44. The molecule has 1 unspecified atom stereocenters. The number of nitrogens with zero attached hydrogens (tertiary/aromatic N) is 3. The van der Waals surface area contributed by atoms with E-state index in [4.69, 9.17) is 5.26 Å². The Balaban J connectivity index is 2.06. The van der Waals surface area contributed by atoms with Crippen molar-refractivity contribution in [1.82, 2.24) is 9.47 Å². The molecular weight excluding hydrogens is 307 g/mol. The first-order valence-corrected chi connectivity index (χ1v) is 6.90. The third-order valence-corrected chi connectivity index (χ3v) is 4.78. The number of aromatic nitrogens is 1. The molecular formula is C16H13F3N3O+. The summed E-state index contributed by atoms with van der Waals surface area (Å²) in [4.78, 5) is 15.7. The van der Waals surface area contributed by atoms with Gasteiger partial charge in [0.25, 0.3) is 0 Å². The fourth-order valence-corrected chi connectivity index (χ4v) is 3.12. The number of hydrogen-bond acceptors (Lipinski definition) is 3. The second-order valence-electron chi connectivity index (χ2n) is 6.13. The number of Topliss-reactive ketones (excluding diaryl/α,β-unsaturated/α-hetero) is 1. The van der Waals surface area contributed by atoms with Crippen LogP contribution in [0.3, 0.4) is 0 Å². The summed E-state index contributed by atoms with van der Waals surface area (Å²) in [6.07, 6.45) is -3.37. The molecule has 0 aliphatic carbocycles. The summed E-state index contributed by atoms with van der Waals surface area (Å²) in [5, 5.41) is 10.4. The van der Waals surface area contributed by atoms with Gasteiger partial charge in [-0.3, -0.25) is 9.28 Å². The maximum absolute atomic E-state index is 12.8. The zero-order valence-corrected chi connectivity index (χ0v) is 12.5. The van der Waals surface area contributed by atoms with Gasteiger partial charge in [-0.15, -0.1) is 0 Å². The quantitative estimate of drug-likeness (QED) is 0.631. The fourth-order valence-electron chi connectivity index (χ4n) is 3.12. The maximum Gasteiger partial charge on any atom is 0.456 e. The first-order valence-electron chi connectivity index (χ1n) is 6.90. The number of ketones is 1. The molecule has 2 aromatic rings. The van der Waals surface area contributed by atoms with E-state index in [-0.39, 0.29) is 16.7 Å². The van der Waals surface area contributed by atoms with Crippen molar-refractivity contribution in [3.05, 3.63) is 36.2 Å². The van der Waals surface area contributed by atoms with Crippen molar-refractivity contribution in [2.75, 3.05) is 13.6 Å². The van der Waals surface area contributed by atoms with Crippen LogP contribution in [0.5, 0.6) is 0 Å². The Morgan fingerprint density at radius 2 is 2.09 bits per heavy atom. The van der Waals surface area contributed by atoms with Crippen LogP contribution in [0.15, 0.2) is 30.5 Å². The van der Waals surface area contributed by atoms with E-state index >= 15 is 0 Å². The van der Waals surface area contributed by atoms with E-state index in [2.05, 4.69) is 4.98 Å². The highest BCUT2D eigenvalue weighted by Gasteiger charge is 2.75. The monoisotopic (exact) mass is 320 g/mol. The van der Waals surface area contributed by atoms with Crippen LogP contribution in [-0.2, 0) is 4.79 Å². The smallest absolute Gasteiger partial charge is 0.282 e. The number of likely N-dealkylation sites (N-methyl/N-ethyl adjacent to an activating group) is 1. The average molecular weight is 320 g/mol. The molecule has 1 aliphatic rings. The summed E-state index contributed by atoms with van der Waals surface area (Å²) in [6.45, 7) is 1.42. The number of pyridine rings is 1. The second-order valence-corrected chi connectivity index (χ2v) is 6.13. The highest BCUT2D eigenvalue weighted by molar-refractivity contribution is 5.99. The summed E-state index contributed by atoms with van der Waals surface area (Å²) >= 11 is 0. The van der Waals surface area contributed by atoms with Gasteiger partial charge in [0.05, 0.1) is 7.05 Å². The Hall–Kier alpha value is -2.46. The molecule has 1 aliphatic heterocycles. The number of carbonyl (C=O) groups excluding carboxylic acids is 1. The van der Waals surface area contributed by atoms with E-state index in [9.17, 15) is 18.0 Å². The summed E-state index contributed by atoms with van der Waals surface area (Å²) < 4.78 is 38.3. The minimum Gasteiger partial charge on any atom is -0.282 e. The molecule has 0 bridgehead atoms. The molecule has 4 nitrogen and oxygen atoms in total. The molecule has 1 fully saturated rings. The van der Waals surface area contributed by atoms with Gasteiger partial charge in [-0.1, -0.05) is 0 Å². The number of quaternary nitrogens is 1. The number of benzene rings is 1. The number of nitriles is 1. The Bertz CT molecular complexity index is 871. The topological polar surface area (TPSA) is 53.8 Å². The predicted molar refractivity (Wildman–Crippen MR) is 78.5 cm³/mol. The maximum atomic E-state index is 12.8. The normalized spacial score (nSPS) is 26.8. The van der Waals surface area contributed by atoms with Crippen LogP contribution >= 0.6 is 0 Å². The zero-order valence-electron chi connectivity index (χ0n) is 12.5. The standard InChI is InChI=1S/C16H13F3N3O/c1-15(14(23)16(17,18)19)9-22(15,2)11-3-4-12-10(7-11)5-6-21-13(12)8-20/h3-7H,9H2,1-2H3/q+1/t15-,22?/m1/s1. The molecule has 0 radical (unpaired) electrons. The molecule has 23 heavy (non-hydrogen) atoms. The van der Waals surface area contributed by atoms with Crippen molar-refractivity contribution in [3.8, 4) is 6.07 Å². The molecule has 1 aromatic heterocycles. The van der Waals surface area contributed by atoms with Gasteiger partial charge in [-0.25, -0.2) is 4.98 Å². The third kappa shape index (κ3) is 2.10. The number of fused-ring (bicyclic) bond motifs is 1. The number of hydrogen-bond donors (Lipinski definition) is 0. The summed E-state index contributed by atoms with van der Waals surface area (Å²) in [6, 6.07) is 8.70. The first-order chi connectivity index (χ1) is 10.6. The van der Waals surface area contributed by atoms with Crippen molar-refractivity contribution in [2.24, 2.45) is 0 Å². The van der Waals surface area contributed by atoms with Crippen molar-refractivity contribution < 1.29 is 18.0 Å². The minimum absolute atomic E-state index is 0.0903. The highest BCUT2D eigenvalue weighted by atomic mass is 19.4. The lowest BCUT2D eigenvalue weighted by atomic mass is 10.0. The Labute approximate surface area is 130 Å². The Kier molecular flexibility index (Phi) is 3.03. The molecule has 0 saturated carbocycles. The lowest BCUT2D eigenvalue weighted by Gasteiger charge is -2.20. The number of carbonyl (C=O) groups is 1. The molecule has 2 heterocycles. The molecule has 0 amide bonds. The molecule has 2 atom stereocenters. The Morgan fingerprint density at radius 3 is 2.70 bits per heavy atom. The van der Waals surface area contributed by atoms with Gasteiger partial charge < -0.3 is 0 Å². The van der Waals surface area contributed by atoms with Crippen molar-refractivity contribution in [1.29, 1.82) is 5.26 Å². The van der Waals surface area contributed by atoms with E-state index < -0.39 is 17.5 Å². The van der Waals surface area contributed by atoms with Gasteiger partial charge in [-0.05, 0) is 23.6 Å². The van der Waals surface area contributed by atoms with Gasteiger partial charge >= 0.3 is 12.0 Å². The second kappa shape index (κ2) is 4.52. The van der Waals surface area contributed by atoms with Crippen LogP contribution < -0.4 is 4.48 Å². The molecule has 1 saturated heterocycles. The number of rotatable bonds is 2. The third-order valence-electron chi connectivity index (χ3n) is 4.78. The van der Waals surface area contributed by atoms with Crippen molar-refractivity contribution >= 4 is 22.2 Å². The van der Waals surface area contributed by atoms with E-state index in [0.717, 1.165) is 0 Å². The van der Waals surface area contributed by atoms with Crippen molar-refractivity contribution in [3.63, 3.8) is 0 Å². The van der Waals surface area contributed by atoms with Crippen LogP contribution in [0.25, 0.3) is 10.8 Å². The van der Waals surface area contributed by atoms with Crippen molar-refractivity contribution in [2.45, 2.75) is 18.6 Å². The Morgan fingerprint density at radius 1 is 1.39 bits per heavy atom. The molecule has 1 aromatic carbocycles. The summed E-state index contributed by atoms with van der Waals surface area (Å²) in [5.74, 6) is -1.71. The van der Waals surface area contributed by atoms with Gasteiger partial charge in [0, 0.05) is 24.6 Å².